The summed E-state index contributed by atoms with van der Waals surface area (Å²) in [6.45, 7) is 2.43. The van der Waals surface area contributed by atoms with Crippen molar-refractivity contribution in [2.24, 2.45) is 0 Å². The quantitative estimate of drug-likeness (QED) is 0.377. The Balaban J connectivity index is 1.24. The summed E-state index contributed by atoms with van der Waals surface area (Å²) in [4.78, 5) is 14.7. The van der Waals surface area contributed by atoms with Crippen LogP contribution < -0.4 is 10.1 Å². The second kappa shape index (κ2) is 9.36. The molecule has 0 spiro atoms. The molecule has 4 aromatic rings. The minimum Gasteiger partial charge on any atom is -0.496 e. The summed E-state index contributed by atoms with van der Waals surface area (Å²) in [7, 11) is 1.64. The van der Waals surface area contributed by atoms with Crippen molar-refractivity contribution in [3.63, 3.8) is 0 Å². The Labute approximate surface area is 203 Å². The number of hydrogen-bond donors (Lipinski definition) is 2. The molecular weight excluding hydrogens is 477 g/mol. The minimum absolute atomic E-state index is 0.169. The normalized spacial score (nSPS) is 15.5. The van der Waals surface area contributed by atoms with Crippen LogP contribution in [0.2, 0.25) is 0 Å². The fraction of sp³-hybridized carbons (Fsp3) is 0.375. The maximum Gasteiger partial charge on any atom is 0.393 e. The summed E-state index contributed by atoms with van der Waals surface area (Å²) < 4.78 is 44.1. The van der Waals surface area contributed by atoms with Crippen LogP contribution in [0.4, 0.5) is 19.0 Å². The van der Waals surface area contributed by atoms with E-state index in [0.717, 1.165) is 66.0 Å². The standard InChI is InChI=1S/C24H23F3N6OS/c1-34-21-14(2-3-20-18(21)8-16(11-28)31-20)12-33-6-4-15(5-7-33)32-22-19-9-17(10-24(25,26)27)35-23(19)30-13-29-22/h2-3,8-9,13,15,31H,4-7,10,12H2,1H3,(H,29,30,32). The highest BCUT2D eigenvalue weighted by Crippen LogP contribution is 2.34. The van der Waals surface area contributed by atoms with E-state index in [2.05, 4.69) is 31.2 Å². The molecule has 0 amide bonds. The number of alkyl halides is 3. The lowest BCUT2D eigenvalue weighted by Crippen LogP contribution is -2.38. The summed E-state index contributed by atoms with van der Waals surface area (Å²) >= 11 is 1.06. The smallest absolute Gasteiger partial charge is 0.393 e. The van der Waals surface area contributed by atoms with Gasteiger partial charge in [-0.05, 0) is 31.0 Å². The highest BCUT2D eigenvalue weighted by molar-refractivity contribution is 7.18. The number of fused-ring (bicyclic) bond motifs is 2. The first-order valence-electron chi connectivity index (χ1n) is 11.2. The number of anilines is 1. The molecule has 3 aromatic heterocycles. The van der Waals surface area contributed by atoms with E-state index in [1.54, 1.807) is 19.2 Å². The van der Waals surface area contributed by atoms with Crippen LogP contribution in [-0.2, 0) is 13.0 Å². The predicted octanol–water partition coefficient (Wildman–Crippen LogP) is 5.23. The van der Waals surface area contributed by atoms with E-state index in [9.17, 15) is 18.4 Å². The summed E-state index contributed by atoms with van der Waals surface area (Å²) in [5.74, 6) is 1.36. The molecule has 1 aliphatic rings. The van der Waals surface area contributed by atoms with Crippen molar-refractivity contribution in [2.75, 3.05) is 25.5 Å². The van der Waals surface area contributed by atoms with E-state index in [4.69, 9.17) is 4.74 Å². The molecule has 1 fully saturated rings. The van der Waals surface area contributed by atoms with Crippen LogP contribution in [-0.4, -0.2) is 52.3 Å². The van der Waals surface area contributed by atoms with Crippen LogP contribution in [0.3, 0.4) is 0 Å². The molecule has 0 radical (unpaired) electrons. The van der Waals surface area contributed by atoms with E-state index in [1.807, 2.05) is 12.1 Å². The average Bonchev–Trinajstić information content (AvgIpc) is 3.43. The van der Waals surface area contributed by atoms with E-state index in [-0.39, 0.29) is 10.9 Å². The van der Waals surface area contributed by atoms with Gasteiger partial charge in [-0.3, -0.25) is 4.90 Å². The molecule has 4 heterocycles. The summed E-state index contributed by atoms with van der Waals surface area (Å²) in [6.07, 6.45) is -2.06. The number of nitrogens with one attached hydrogen (secondary N) is 2. The Hall–Kier alpha value is -3.36. The molecule has 0 aliphatic carbocycles. The van der Waals surface area contributed by atoms with Gasteiger partial charge in [-0.15, -0.1) is 11.3 Å². The van der Waals surface area contributed by atoms with Crippen LogP contribution in [0, 0.1) is 11.3 Å². The van der Waals surface area contributed by atoms with Crippen molar-refractivity contribution in [1.82, 2.24) is 19.9 Å². The van der Waals surface area contributed by atoms with Gasteiger partial charge in [-0.2, -0.15) is 18.4 Å². The number of rotatable bonds is 6. The topological polar surface area (TPSA) is 89.9 Å². The Morgan fingerprint density at radius 2 is 2.03 bits per heavy atom. The first kappa shape index (κ1) is 23.4. The molecule has 35 heavy (non-hydrogen) atoms. The van der Waals surface area contributed by atoms with Crippen LogP contribution in [0.5, 0.6) is 5.75 Å². The number of benzene rings is 1. The van der Waals surface area contributed by atoms with Crippen molar-refractivity contribution in [1.29, 1.82) is 5.26 Å². The third-order valence-electron chi connectivity index (χ3n) is 6.24. The predicted molar refractivity (Wildman–Crippen MR) is 129 cm³/mol. The van der Waals surface area contributed by atoms with Gasteiger partial charge in [0.05, 0.1) is 24.4 Å². The first-order valence-corrected chi connectivity index (χ1v) is 12.0. The molecule has 1 saturated heterocycles. The maximum absolute atomic E-state index is 12.8. The Bertz CT molecular complexity index is 1400. The summed E-state index contributed by atoms with van der Waals surface area (Å²) in [6, 6.07) is 9.64. The van der Waals surface area contributed by atoms with Gasteiger partial charge in [0.2, 0.25) is 0 Å². The number of methoxy groups -OCH3 is 1. The third-order valence-corrected chi connectivity index (χ3v) is 7.28. The number of hydrogen-bond acceptors (Lipinski definition) is 7. The van der Waals surface area contributed by atoms with Gasteiger partial charge >= 0.3 is 6.18 Å². The highest BCUT2D eigenvalue weighted by Gasteiger charge is 2.29. The van der Waals surface area contributed by atoms with Gasteiger partial charge in [0.25, 0.3) is 0 Å². The number of nitrogens with zero attached hydrogens (tertiary/aromatic N) is 4. The minimum atomic E-state index is -4.25. The molecule has 1 aliphatic heterocycles. The van der Waals surface area contributed by atoms with Crippen molar-refractivity contribution in [2.45, 2.75) is 38.0 Å². The van der Waals surface area contributed by atoms with Crippen molar-refractivity contribution in [3.8, 4) is 11.8 Å². The number of aromatic amines is 1. The van der Waals surface area contributed by atoms with E-state index < -0.39 is 12.6 Å². The molecule has 5 rings (SSSR count). The summed E-state index contributed by atoms with van der Waals surface area (Å²) in [5, 5.41) is 14.1. The lowest BCUT2D eigenvalue weighted by atomic mass is 10.0. The number of halogens is 3. The van der Waals surface area contributed by atoms with Gasteiger partial charge in [0.1, 0.15) is 34.5 Å². The fourth-order valence-electron chi connectivity index (χ4n) is 4.62. The molecule has 2 N–H and O–H groups in total. The second-order valence-electron chi connectivity index (χ2n) is 8.65. The van der Waals surface area contributed by atoms with Crippen LogP contribution in [0.15, 0.2) is 30.6 Å². The SMILES string of the molecule is COc1c(CN2CCC(Nc3ncnc4sc(CC(F)(F)F)cc34)CC2)ccc2[nH]c(C#N)cc12. The number of H-pyrrole nitrogens is 1. The third kappa shape index (κ3) is 5.04. The number of likely N-dealkylation sites (tertiary alicyclic amines) is 1. The number of aromatic nitrogens is 3. The molecule has 0 saturated carbocycles. The number of thiophene rings is 1. The van der Waals surface area contributed by atoms with Gasteiger partial charge in [-0.25, -0.2) is 9.97 Å². The zero-order valence-corrected chi connectivity index (χ0v) is 19.8. The molecule has 0 bridgehead atoms. The van der Waals surface area contributed by atoms with Gasteiger partial charge in [0, 0.05) is 41.5 Å². The van der Waals surface area contributed by atoms with Crippen molar-refractivity contribution in [3.05, 3.63) is 46.7 Å². The lowest BCUT2D eigenvalue weighted by Gasteiger charge is -2.33. The Morgan fingerprint density at radius 1 is 1.23 bits per heavy atom. The number of ether oxygens (including phenoxy) is 1. The highest BCUT2D eigenvalue weighted by atomic mass is 32.1. The summed E-state index contributed by atoms with van der Waals surface area (Å²) in [5.41, 5.74) is 2.42. The Morgan fingerprint density at radius 3 is 2.74 bits per heavy atom. The molecule has 1 aromatic carbocycles. The van der Waals surface area contributed by atoms with Crippen molar-refractivity contribution < 1.29 is 17.9 Å². The number of nitriles is 1. The molecular formula is C24H23F3N6OS. The second-order valence-corrected chi connectivity index (χ2v) is 9.77. The van der Waals surface area contributed by atoms with Crippen molar-refractivity contribution >= 4 is 38.3 Å². The van der Waals surface area contributed by atoms with E-state index in [1.165, 1.54) is 6.33 Å². The van der Waals surface area contributed by atoms with E-state index >= 15 is 0 Å². The number of piperidine rings is 1. The largest absolute Gasteiger partial charge is 0.496 e. The zero-order chi connectivity index (χ0) is 24.6. The molecule has 11 heteroatoms. The van der Waals surface area contributed by atoms with Crippen LogP contribution in [0.1, 0.15) is 29.0 Å². The molecule has 182 valence electrons. The first-order chi connectivity index (χ1) is 16.8. The van der Waals surface area contributed by atoms with E-state index in [0.29, 0.717) is 21.7 Å². The van der Waals surface area contributed by atoms with Gasteiger partial charge in [0.15, 0.2) is 0 Å². The van der Waals surface area contributed by atoms with Crippen LogP contribution in [0.25, 0.3) is 21.1 Å². The molecule has 0 atom stereocenters. The molecule has 7 nitrogen and oxygen atoms in total. The average molecular weight is 501 g/mol. The fourth-order valence-corrected chi connectivity index (χ4v) is 5.65. The monoisotopic (exact) mass is 500 g/mol. The zero-order valence-electron chi connectivity index (χ0n) is 18.9. The maximum atomic E-state index is 12.8. The van der Waals surface area contributed by atoms with Gasteiger partial charge in [-0.1, -0.05) is 6.07 Å². The lowest BCUT2D eigenvalue weighted by molar-refractivity contribution is -0.126. The molecule has 0 unspecified atom stereocenters. The Kier molecular flexibility index (Phi) is 6.25. The van der Waals surface area contributed by atoms with Gasteiger partial charge < -0.3 is 15.0 Å². The van der Waals surface area contributed by atoms with Crippen LogP contribution >= 0.6 is 11.3 Å².